The number of aryl methyl sites for hydroxylation is 1. The molecular weight excluding hydrogens is 192 g/mol. The van der Waals surface area contributed by atoms with E-state index in [0.29, 0.717) is 0 Å². The molecule has 0 fully saturated rings. The van der Waals surface area contributed by atoms with Crippen molar-refractivity contribution < 1.29 is 0 Å². The number of hydrogen-bond acceptors (Lipinski definition) is 3. The minimum absolute atomic E-state index is 0.183. The van der Waals surface area contributed by atoms with E-state index in [1.54, 1.807) is 11.3 Å². The Balaban J connectivity index is 2.45. The molecule has 14 heavy (non-hydrogen) atoms. The molecule has 2 N–H and O–H groups in total. The largest absolute Gasteiger partial charge is 0.323 e. The fourth-order valence-corrected chi connectivity index (χ4v) is 2.51. The van der Waals surface area contributed by atoms with E-state index < -0.39 is 0 Å². The number of rotatable bonds is 5. The third-order valence-electron chi connectivity index (χ3n) is 2.44. The maximum atomic E-state index is 6.11. The number of nitrogens with zero attached hydrogens (tertiary/aromatic N) is 1. The summed E-state index contributed by atoms with van der Waals surface area (Å²) in [6.45, 7) is 6.52. The molecule has 2 nitrogen and oxygen atoms in total. The number of thiazole rings is 1. The molecule has 0 saturated carbocycles. The Morgan fingerprint density at radius 1 is 1.57 bits per heavy atom. The fourth-order valence-electron chi connectivity index (χ4n) is 1.71. The van der Waals surface area contributed by atoms with Gasteiger partial charge in [-0.3, -0.25) is 0 Å². The summed E-state index contributed by atoms with van der Waals surface area (Å²) in [4.78, 5) is 5.46. The van der Waals surface area contributed by atoms with Gasteiger partial charge in [0.2, 0.25) is 0 Å². The summed E-state index contributed by atoms with van der Waals surface area (Å²) in [5, 5.41) is 1.11. The predicted molar refractivity (Wildman–Crippen MR) is 62.5 cm³/mol. The third kappa shape index (κ3) is 3.39. The van der Waals surface area contributed by atoms with Gasteiger partial charge in [0.25, 0.3) is 0 Å². The zero-order valence-corrected chi connectivity index (χ0v) is 10.1. The molecule has 3 heteroatoms. The van der Waals surface area contributed by atoms with Crippen LogP contribution in [-0.2, 0) is 0 Å². The zero-order chi connectivity index (χ0) is 10.6. The Morgan fingerprint density at radius 2 is 2.29 bits per heavy atom. The molecule has 0 aliphatic carbocycles. The minimum Gasteiger partial charge on any atom is -0.323 e. The number of hydrogen-bond donors (Lipinski definition) is 1. The van der Waals surface area contributed by atoms with E-state index in [-0.39, 0.29) is 6.04 Å². The van der Waals surface area contributed by atoms with Crippen molar-refractivity contribution in [2.75, 3.05) is 0 Å². The lowest BCUT2D eigenvalue weighted by Crippen LogP contribution is -2.12. The first-order valence-electron chi connectivity index (χ1n) is 5.31. The molecule has 0 amide bonds. The second-order valence-corrected chi connectivity index (χ2v) is 5.28. The van der Waals surface area contributed by atoms with Gasteiger partial charge >= 0.3 is 0 Å². The Kier molecular flexibility index (Phi) is 4.55. The van der Waals surface area contributed by atoms with Gasteiger partial charge in [-0.25, -0.2) is 4.98 Å². The summed E-state index contributed by atoms with van der Waals surface area (Å²) in [5.41, 5.74) is 6.11. The van der Waals surface area contributed by atoms with Gasteiger partial charge in [-0.05, 0) is 19.3 Å². The van der Waals surface area contributed by atoms with Crippen LogP contribution < -0.4 is 5.73 Å². The first-order valence-corrected chi connectivity index (χ1v) is 6.13. The quantitative estimate of drug-likeness (QED) is 0.813. The molecule has 2 unspecified atom stereocenters. The molecule has 0 radical (unpaired) electrons. The molecule has 0 saturated heterocycles. The summed E-state index contributed by atoms with van der Waals surface area (Å²) < 4.78 is 0. The first-order chi connectivity index (χ1) is 6.63. The Bertz CT molecular complexity index is 270. The average molecular weight is 212 g/mol. The predicted octanol–water partition coefficient (Wildman–Crippen LogP) is 3.28. The van der Waals surface area contributed by atoms with Gasteiger partial charge < -0.3 is 5.73 Å². The van der Waals surface area contributed by atoms with Crippen molar-refractivity contribution >= 4 is 11.3 Å². The van der Waals surface area contributed by atoms with Crippen LogP contribution in [0.3, 0.4) is 0 Å². The molecule has 0 aromatic carbocycles. The first kappa shape index (κ1) is 11.7. The van der Waals surface area contributed by atoms with E-state index in [1.165, 1.54) is 17.7 Å². The molecular formula is C11H20N2S. The molecule has 0 aliphatic heterocycles. The molecule has 2 atom stereocenters. The molecule has 1 heterocycles. The van der Waals surface area contributed by atoms with E-state index in [9.17, 15) is 0 Å². The van der Waals surface area contributed by atoms with Crippen molar-refractivity contribution in [3.8, 4) is 0 Å². The second-order valence-electron chi connectivity index (χ2n) is 4.02. The highest BCUT2D eigenvalue weighted by Crippen LogP contribution is 2.25. The fraction of sp³-hybridized carbons (Fsp3) is 0.727. The summed E-state index contributed by atoms with van der Waals surface area (Å²) in [5.74, 6) is 0.720. The maximum absolute atomic E-state index is 6.11. The van der Waals surface area contributed by atoms with E-state index in [4.69, 9.17) is 5.73 Å². The van der Waals surface area contributed by atoms with Gasteiger partial charge in [0, 0.05) is 17.1 Å². The molecule has 0 aliphatic rings. The van der Waals surface area contributed by atoms with Crippen molar-refractivity contribution in [1.29, 1.82) is 0 Å². The van der Waals surface area contributed by atoms with Crippen LogP contribution in [0.25, 0.3) is 0 Å². The van der Waals surface area contributed by atoms with Crippen molar-refractivity contribution in [2.24, 2.45) is 11.7 Å². The summed E-state index contributed by atoms with van der Waals surface area (Å²) in [6, 6.07) is 0.183. The summed E-state index contributed by atoms with van der Waals surface area (Å²) in [7, 11) is 0. The minimum atomic E-state index is 0.183. The SMILES string of the molecule is CCCC(C)CC(N)c1cnc(C)s1. The summed E-state index contributed by atoms with van der Waals surface area (Å²) in [6.07, 6.45) is 5.51. The van der Waals surface area contributed by atoms with Crippen molar-refractivity contribution in [3.05, 3.63) is 16.1 Å². The van der Waals surface area contributed by atoms with Crippen LogP contribution in [0.5, 0.6) is 0 Å². The van der Waals surface area contributed by atoms with Crippen LogP contribution >= 0.6 is 11.3 Å². The van der Waals surface area contributed by atoms with Gasteiger partial charge in [-0.15, -0.1) is 11.3 Å². The number of nitrogens with two attached hydrogens (primary N) is 1. The standard InChI is InChI=1S/C11H20N2S/c1-4-5-8(2)6-10(12)11-7-13-9(3)14-11/h7-8,10H,4-6,12H2,1-3H3. The lowest BCUT2D eigenvalue weighted by atomic mass is 9.97. The van der Waals surface area contributed by atoms with Crippen molar-refractivity contribution in [1.82, 2.24) is 4.98 Å². The summed E-state index contributed by atoms with van der Waals surface area (Å²) >= 11 is 1.72. The molecule has 1 aromatic heterocycles. The molecule has 0 spiro atoms. The van der Waals surface area contributed by atoms with E-state index in [1.807, 2.05) is 13.1 Å². The lowest BCUT2D eigenvalue weighted by molar-refractivity contribution is 0.443. The smallest absolute Gasteiger partial charge is 0.0897 e. The van der Waals surface area contributed by atoms with Gasteiger partial charge in [-0.1, -0.05) is 26.7 Å². The highest BCUT2D eigenvalue weighted by molar-refractivity contribution is 7.11. The Labute approximate surface area is 90.6 Å². The van der Waals surface area contributed by atoms with Crippen LogP contribution in [0.15, 0.2) is 6.20 Å². The topological polar surface area (TPSA) is 38.9 Å². The molecule has 1 rings (SSSR count). The van der Waals surface area contributed by atoms with E-state index in [2.05, 4.69) is 18.8 Å². The van der Waals surface area contributed by atoms with Gasteiger partial charge in [0.1, 0.15) is 0 Å². The highest BCUT2D eigenvalue weighted by atomic mass is 32.1. The maximum Gasteiger partial charge on any atom is 0.0897 e. The second kappa shape index (κ2) is 5.47. The average Bonchev–Trinajstić information content (AvgIpc) is 2.52. The third-order valence-corrected chi connectivity index (χ3v) is 3.49. The van der Waals surface area contributed by atoms with Gasteiger partial charge in [0.15, 0.2) is 0 Å². The Hall–Kier alpha value is -0.410. The molecule has 0 bridgehead atoms. The lowest BCUT2D eigenvalue weighted by Gasteiger charge is -2.14. The van der Waals surface area contributed by atoms with Crippen LogP contribution in [0, 0.1) is 12.8 Å². The zero-order valence-electron chi connectivity index (χ0n) is 9.29. The van der Waals surface area contributed by atoms with Crippen LogP contribution in [0.2, 0.25) is 0 Å². The van der Waals surface area contributed by atoms with Crippen molar-refractivity contribution in [3.63, 3.8) is 0 Å². The Morgan fingerprint density at radius 3 is 2.79 bits per heavy atom. The van der Waals surface area contributed by atoms with E-state index in [0.717, 1.165) is 17.3 Å². The van der Waals surface area contributed by atoms with Gasteiger partial charge in [0.05, 0.1) is 5.01 Å². The van der Waals surface area contributed by atoms with E-state index >= 15 is 0 Å². The van der Waals surface area contributed by atoms with Crippen LogP contribution in [-0.4, -0.2) is 4.98 Å². The van der Waals surface area contributed by atoms with Crippen molar-refractivity contribution in [2.45, 2.75) is 46.1 Å². The molecule has 1 aromatic rings. The molecule has 80 valence electrons. The number of aromatic nitrogens is 1. The van der Waals surface area contributed by atoms with Gasteiger partial charge in [-0.2, -0.15) is 0 Å². The normalized spacial score (nSPS) is 15.4. The highest BCUT2D eigenvalue weighted by Gasteiger charge is 2.12. The van der Waals surface area contributed by atoms with Crippen LogP contribution in [0.4, 0.5) is 0 Å². The van der Waals surface area contributed by atoms with Crippen LogP contribution in [0.1, 0.15) is 49.0 Å². The monoisotopic (exact) mass is 212 g/mol.